The van der Waals surface area contributed by atoms with E-state index in [1.807, 2.05) is 24.4 Å². The summed E-state index contributed by atoms with van der Waals surface area (Å²) in [6.07, 6.45) is 7.05. The largest absolute Gasteiger partial charge is 0.328 e. The zero-order valence-corrected chi connectivity index (χ0v) is 10.5. The molecular formula is C15H13N3O. The van der Waals surface area contributed by atoms with Crippen LogP contribution in [0.4, 0.5) is 0 Å². The van der Waals surface area contributed by atoms with E-state index in [2.05, 4.69) is 14.5 Å². The molecule has 0 N–H and O–H groups in total. The molecule has 0 atom stereocenters. The van der Waals surface area contributed by atoms with Crippen molar-refractivity contribution in [3.63, 3.8) is 0 Å². The Labute approximate surface area is 110 Å². The number of imidazole rings is 1. The number of aryl methyl sites for hydroxylation is 1. The van der Waals surface area contributed by atoms with Gasteiger partial charge >= 0.3 is 0 Å². The van der Waals surface area contributed by atoms with Gasteiger partial charge in [-0.3, -0.25) is 4.79 Å². The number of aliphatic imine (C=N–C) groups is 1. The lowest BCUT2D eigenvalue weighted by atomic mass is 10.0. The monoisotopic (exact) mass is 251 g/mol. The molecule has 1 aromatic heterocycles. The van der Waals surface area contributed by atoms with Crippen molar-refractivity contribution >= 4 is 12.1 Å². The fourth-order valence-electron chi connectivity index (χ4n) is 2.94. The van der Waals surface area contributed by atoms with E-state index in [4.69, 9.17) is 0 Å². The molecular weight excluding hydrogens is 238 g/mol. The summed E-state index contributed by atoms with van der Waals surface area (Å²) in [5, 5.41) is 0. The number of nitrogens with zero attached hydrogens (tertiary/aromatic N) is 3. The number of amides is 1. The Bertz CT molecular complexity index is 712. The molecule has 0 saturated heterocycles. The third-order valence-electron chi connectivity index (χ3n) is 3.89. The molecule has 4 nitrogen and oxygen atoms in total. The van der Waals surface area contributed by atoms with Gasteiger partial charge in [0.15, 0.2) is 0 Å². The highest BCUT2D eigenvalue weighted by Crippen LogP contribution is 2.30. The number of fused-ring (bicyclic) bond motifs is 2. The summed E-state index contributed by atoms with van der Waals surface area (Å²) in [5.41, 5.74) is 3.80. The highest BCUT2D eigenvalue weighted by Gasteiger charge is 2.22. The van der Waals surface area contributed by atoms with E-state index < -0.39 is 0 Å². The second-order valence-electron chi connectivity index (χ2n) is 5.00. The molecule has 0 unspecified atom stereocenters. The van der Waals surface area contributed by atoms with Gasteiger partial charge < -0.3 is 4.57 Å². The van der Waals surface area contributed by atoms with Crippen LogP contribution in [0.3, 0.4) is 0 Å². The van der Waals surface area contributed by atoms with Crippen molar-refractivity contribution < 1.29 is 4.79 Å². The zero-order valence-electron chi connectivity index (χ0n) is 10.5. The second-order valence-corrected chi connectivity index (χ2v) is 5.00. The van der Waals surface area contributed by atoms with Crippen LogP contribution in [0.2, 0.25) is 0 Å². The van der Waals surface area contributed by atoms with Crippen molar-refractivity contribution in [3.8, 4) is 11.3 Å². The molecule has 1 aromatic carbocycles. The Morgan fingerprint density at radius 3 is 3.00 bits per heavy atom. The molecule has 0 spiro atoms. The lowest BCUT2D eigenvalue weighted by Gasteiger charge is -2.17. The van der Waals surface area contributed by atoms with Crippen LogP contribution >= 0.6 is 0 Å². The molecule has 19 heavy (non-hydrogen) atoms. The first kappa shape index (κ1) is 10.7. The van der Waals surface area contributed by atoms with Crippen LogP contribution in [-0.2, 0) is 13.0 Å². The number of carbonyl (C=O) groups excluding carboxylic acids is 1. The van der Waals surface area contributed by atoms with Gasteiger partial charge in [-0.05, 0) is 18.9 Å². The van der Waals surface area contributed by atoms with Gasteiger partial charge in [-0.25, -0.2) is 9.98 Å². The van der Waals surface area contributed by atoms with Crippen molar-refractivity contribution in [2.75, 3.05) is 0 Å². The van der Waals surface area contributed by atoms with E-state index in [1.165, 1.54) is 12.8 Å². The van der Waals surface area contributed by atoms with Crippen molar-refractivity contribution in [1.29, 1.82) is 0 Å². The second kappa shape index (κ2) is 3.88. The minimum absolute atomic E-state index is 0.143. The van der Waals surface area contributed by atoms with Crippen LogP contribution < -0.4 is 0 Å². The van der Waals surface area contributed by atoms with E-state index in [9.17, 15) is 4.79 Å². The van der Waals surface area contributed by atoms with Gasteiger partial charge in [0.05, 0.1) is 17.5 Å². The van der Waals surface area contributed by atoms with Crippen molar-refractivity contribution in [2.45, 2.75) is 25.8 Å². The van der Waals surface area contributed by atoms with Crippen molar-refractivity contribution in [3.05, 3.63) is 41.3 Å². The Morgan fingerprint density at radius 1 is 1.16 bits per heavy atom. The Kier molecular flexibility index (Phi) is 2.18. The maximum atomic E-state index is 11.7. The van der Waals surface area contributed by atoms with Gasteiger partial charge in [0.25, 0.3) is 5.91 Å². The molecule has 1 amide bonds. The Balaban J connectivity index is 1.93. The average Bonchev–Trinajstić information content (AvgIpc) is 3.03. The predicted molar refractivity (Wildman–Crippen MR) is 72.5 cm³/mol. The Morgan fingerprint density at radius 2 is 2.05 bits per heavy atom. The molecule has 4 rings (SSSR count). The van der Waals surface area contributed by atoms with Crippen LogP contribution in [0, 0.1) is 0 Å². The first-order valence-corrected chi connectivity index (χ1v) is 6.61. The number of hydrogen-bond acceptors (Lipinski definition) is 2. The van der Waals surface area contributed by atoms with E-state index in [0.29, 0.717) is 5.56 Å². The number of hydrogen-bond donors (Lipinski definition) is 0. The highest BCUT2D eigenvalue weighted by atomic mass is 16.1. The molecule has 94 valence electrons. The van der Waals surface area contributed by atoms with Crippen molar-refractivity contribution in [2.24, 2.45) is 4.99 Å². The first-order valence-electron chi connectivity index (χ1n) is 6.61. The molecule has 0 bridgehead atoms. The van der Waals surface area contributed by atoms with Crippen LogP contribution in [0.15, 0.2) is 29.4 Å². The SMILES string of the molecule is O=C1N=Cc2c1cccc2-c1cnc2n1CCCC2. The van der Waals surface area contributed by atoms with Gasteiger partial charge in [0.1, 0.15) is 5.82 Å². The topological polar surface area (TPSA) is 47.2 Å². The molecule has 0 radical (unpaired) electrons. The zero-order chi connectivity index (χ0) is 12.8. The van der Waals surface area contributed by atoms with E-state index >= 15 is 0 Å². The quantitative estimate of drug-likeness (QED) is 0.781. The van der Waals surface area contributed by atoms with E-state index in [-0.39, 0.29) is 5.91 Å². The summed E-state index contributed by atoms with van der Waals surface area (Å²) in [6.45, 7) is 1.01. The smallest absolute Gasteiger partial charge is 0.277 e. The molecule has 2 aromatic rings. The van der Waals surface area contributed by atoms with E-state index in [0.717, 1.165) is 35.6 Å². The minimum Gasteiger partial charge on any atom is -0.328 e. The van der Waals surface area contributed by atoms with Gasteiger partial charge in [-0.2, -0.15) is 0 Å². The summed E-state index contributed by atoms with van der Waals surface area (Å²) >= 11 is 0. The van der Waals surface area contributed by atoms with Gasteiger partial charge in [0, 0.05) is 30.3 Å². The number of rotatable bonds is 1. The maximum absolute atomic E-state index is 11.7. The number of carbonyl (C=O) groups is 1. The van der Waals surface area contributed by atoms with Crippen LogP contribution in [0.1, 0.15) is 34.6 Å². The number of aromatic nitrogens is 2. The first-order chi connectivity index (χ1) is 9.34. The molecule has 0 saturated carbocycles. The molecule has 0 aliphatic carbocycles. The third-order valence-corrected chi connectivity index (χ3v) is 3.89. The Hall–Kier alpha value is -2.23. The average molecular weight is 251 g/mol. The highest BCUT2D eigenvalue weighted by molar-refractivity contribution is 6.15. The normalized spacial score (nSPS) is 16.5. The predicted octanol–water partition coefficient (Wildman–Crippen LogP) is 2.46. The fourth-order valence-corrected chi connectivity index (χ4v) is 2.94. The lowest BCUT2D eigenvalue weighted by molar-refractivity contribution is 0.101. The van der Waals surface area contributed by atoms with Crippen molar-refractivity contribution in [1.82, 2.24) is 9.55 Å². The molecule has 2 aliphatic rings. The molecule has 0 fully saturated rings. The molecule has 2 aliphatic heterocycles. The van der Waals surface area contributed by atoms with E-state index in [1.54, 1.807) is 6.21 Å². The fraction of sp³-hybridized carbons (Fsp3) is 0.267. The lowest BCUT2D eigenvalue weighted by Crippen LogP contribution is -2.12. The summed E-state index contributed by atoms with van der Waals surface area (Å²) in [5.74, 6) is 1.01. The summed E-state index contributed by atoms with van der Waals surface area (Å²) in [7, 11) is 0. The molecule has 3 heterocycles. The minimum atomic E-state index is -0.143. The standard InChI is InChI=1S/C15H13N3O/c19-15-11-5-3-4-10(12(11)8-17-15)13-9-16-14-6-1-2-7-18(13)14/h3-5,8-9H,1-2,6-7H2. The third kappa shape index (κ3) is 1.49. The summed E-state index contributed by atoms with van der Waals surface area (Å²) in [6, 6.07) is 5.80. The van der Waals surface area contributed by atoms with Gasteiger partial charge in [-0.15, -0.1) is 0 Å². The molecule has 4 heteroatoms. The van der Waals surface area contributed by atoms with Crippen LogP contribution in [0.25, 0.3) is 11.3 Å². The number of benzene rings is 1. The summed E-state index contributed by atoms with van der Waals surface area (Å²) < 4.78 is 2.27. The van der Waals surface area contributed by atoms with Crippen LogP contribution in [-0.4, -0.2) is 21.7 Å². The maximum Gasteiger partial charge on any atom is 0.277 e. The van der Waals surface area contributed by atoms with Gasteiger partial charge in [0.2, 0.25) is 0 Å². The van der Waals surface area contributed by atoms with Crippen LogP contribution in [0.5, 0.6) is 0 Å². The summed E-state index contributed by atoms with van der Waals surface area (Å²) in [4.78, 5) is 20.1. The van der Waals surface area contributed by atoms with Gasteiger partial charge in [-0.1, -0.05) is 12.1 Å².